The third-order valence-electron chi connectivity index (χ3n) is 5.75. The maximum atomic E-state index is 12.9. The normalized spacial score (nSPS) is 17.9. The summed E-state index contributed by atoms with van der Waals surface area (Å²) < 4.78 is 12.0. The fourth-order valence-electron chi connectivity index (χ4n) is 4.24. The number of carbonyl (C=O) groups is 1. The van der Waals surface area contributed by atoms with Gasteiger partial charge in [-0.3, -0.25) is 4.79 Å². The molecular formula is C23H21NO3. The van der Waals surface area contributed by atoms with Gasteiger partial charge in [0.15, 0.2) is 5.76 Å². The summed E-state index contributed by atoms with van der Waals surface area (Å²) >= 11 is 0. The number of amides is 1. The average Bonchev–Trinajstić information content (AvgIpc) is 3.36. The Labute approximate surface area is 158 Å². The van der Waals surface area contributed by atoms with Gasteiger partial charge in [-0.1, -0.05) is 54.6 Å². The summed E-state index contributed by atoms with van der Waals surface area (Å²) in [5.41, 5.74) is 3.31. The fourth-order valence-corrected chi connectivity index (χ4v) is 4.24. The molecule has 2 aliphatic rings. The van der Waals surface area contributed by atoms with E-state index in [1.54, 1.807) is 6.07 Å². The molecule has 1 amide bonds. The lowest BCUT2D eigenvalue weighted by Crippen LogP contribution is -2.45. The Balaban J connectivity index is 1.31. The average molecular weight is 359 g/mol. The number of hydrogen-bond acceptors (Lipinski definition) is 3. The minimum absolute atomic E-state index is 0.0432. The van der Waals surface area contributed by atoms with Crippen molar-refractivity contribution in [2.24, 2.45) is 0 Å². The van der Waals surface area contributed by atoms with Crippen LogP contribution in [0.2, 0.25) is 0 Å². The van der Waals surface area contributed by atoms with Gasteiger partial charge in [0.25, 0.3) is 5.91 Å². The fraction of sp³-hybridized carbons (Fsp3) is 0.261. The van der Waals surface area contributed by atoms with E-state index in [1.807, 2.05) is 41.3 Å². The third-order valence-corrected chi connectivity index (χ3v) is 5.75. The van der Waals surface area contributed by atoms with E-state index in [2.05, 4.69) is 24.3 Å². The summed E-state index contributed by atoms with van der Waals surface area (Å²) in [7, 11) is 0. The molecule has 0 aliphatic carbocycles. The highest BCUT2D eigenvalue weighted by Crippen LogP contribution is 2.44. The molecule has 3 aromatic rings. The van der Waals surface area contributed by atoms with Gasteiger partial charge < -0.3 is 14.1 Å². The van der Waals surface area contributed by atoms with Crippen LogP contribution in [0.5, 0.6) is 0 Å². The maximum absolute atomic E-state index is 12.9. The van der Waals surface area contributed by atoms with E-state index in [4.69, 9.17) is 9.15 Å². The molecule has 4 heteroatoms. The van der Waals surface area contributed by atoms with Crippen molar-refractivity contribution in [2.45, 2.75) is 25.0 Å². The zero-order chi connectivity index (χ0) is 18.3. The number of benzene rings is 2. The SMILES string of the molecule is O=C(c1ccc(-c2ccccc2)o1)N1CCC2(CC1)OCc1ccccc12. The van der Waals surface area contributed by atoms with Gasteiger partial charge in [0, 0.05) is 18.7 Å². The molecule has 1 fully saturated rings. The van der Waals surface area contributed by atoms with Crippen LogP contribution in [0, 0.1) is 0 Å². The van der Waals surface area contributed by atoms with Crippen LogP contribution in [0.3, 0.4) is 0 Å². The van der Waals surface area contributed by atoms with Gasteiger partial charge in [0.1, 0.15) is 5.76 Å². The zero-order valence-electron chi connectivity index (χ0n) is 15.1. The van der Waals surface area contributed by atoms with E-state index >= 15 is 0 Å². The Kier molecular flexibility index (Phi) is 3.87. The molecule has 4 nitrogen and oxygen atoms in total. The van der Waals surface area contributed by atoms with E-state index < -0.39 is 0 Å². The standard InChI is InChI=1S/C23H21NO3/c25-22(21-11-10-20(27-21)17-6-2-1-3-7-17)24-14-12-23(13-15-24)19-9-5-4-8-18(19)16-26-23/h1-11H,12-16H2. The second kappa shape index (κ2) is 6.39. The first-order valence-electron chi connectivity index (χ1n) is 9.42. The molecule has 0 radical (unpaired) electrons. The Hall–Kier alpha value is -2.85. The molecule has 0 N–H and O–H groups in total. The summed E-state index contributed by atoms with van der Waals surface area (Å²) in [5.74, 6) is 1.08. The zero-order valence-corrected chi connectivity index (χ0v) is 15.1. The van der Waals surface area contributed by atoms with Crippen molar-refractivity contribution in [3.05, 3.63) is 83.6 Å². The number of furan rings is 1. The molecule has 0 unspecified atom stereocenters. The smallest absolute Gasteiger partial charge is 0.289 e. The second-order valence-electron chi connectivity index (χ2n) is 7.26. The minimum atomic E-state index is -0.230. The van der Waals surface area contributed by atoms with Crippen LogP contribution >= 0.6 is 0 Å². The molecule has 2 aliphatic heterocycles. The molecular weight excluding hydrogens is 338 g/mol. The molecule has 1 spiro atoms. The quantitative estimate of drug-likeness (QED) is 0.671. The Morgan fingerprint density at radius 3 is 2.44 bits per heavy atom. The molecule has 3 heterocycles. The predicted octanol–water partition coefficient (Wildman–Crippen LogP) is 4.61. The number of piperidine rings is 1. The second-order valence-corrected chi connectivity index (χ2v) is 7.26. The van der Waals surface area contributed by atoms with Crippen molar-refractivity contribution in [1.82, 2.24) is 4.90 Å². The van der Waals surface area contributed by atoms with Gasteiger partial charge in [-0.2, -0.15) is 0 Å². The van der Waals surface area contributed by atoms with Gasteiger partial charge in [-0.15, -0.1) is 0 Å². The molecule has 1 saturated heterocycles. The summed E-state index contributed by atoms with van der Waals surface area (Å²) in [6.07, 6.45) is 1.64. The number of fused-ring (bicyclic) bond motifs is 2. The first kappa shape index (κ1) is 16.3. The molecule has 5 rings (SSSR count). The van der Waals surface area contributed by atoms with Crippen LogP contribution in [0.15, 0.2) is 71.1 Å². The largest absolute Gasteiger partial charge is 0.451 e. The topological polar surface area (TPSA) is 42.7 Å². The van der Waals surface area contributed by atoms with Crippen molar-refractivity contribution in [3.63, 3.8) is 0 Å². The summed E-state index contributed by atoms with van der Waals surface area (Å²) in [5, 5.41) is 0. The first-order chi connectivity index (χ1) is 13.3. The van der Waals surface area contributed by atoms with E-state index in [1.165, 1.54) is 11.1 Å². The predicted molar refractivity (Wildman–Crippen MR) is 102 cm³/mol. The highest BCUT2D eigenvalue weighted by atomic mass is 16.5. The lowest BCUT2D eigenvalue weighted by atomic mass is 9.84. The molecule has 0 atom stereocenters. The van der Waals surface area contributed by atoms with E-state index in [0.29, 0.717) is 25.5 Å². The Morgan fingerprint density at radius 2 is 1.63 bits per heavy atom. The molecule has 27 heavy (non-hydrogen) atoms. The summed E-state index contributed by atoms with van der Waals surface area (Å²) in [6, 6.07) is 21.9. The van der Waals surface area contributed by atoms with Crippen LogP contribution < -0.4 is 0 Å². The van der Waals surface area contributed by atoms with E-state index in [-0.39, 0.29) is 11.5 Å². The number of carbonyl (C=O) groups excluding carboxylic acids is 1. The van der Waals surface area contributed by atoms with Crippen molar-refractivity contribution < 1.29 is 13.9 Å². The third kappa shape index (κ3) is 2.77. The molecule has 0 bridgehead atoms. The van der Waals surface area contributed by atoms with Crippen molar-refractivity contribution in [2.75, 3.05) is 13.1 Å². The highest BCUT2D eigenvalue weighted by Gasteiger charge is 2.43. The summed E-state index contributed by atoms with van der Waals surface area (Å²) in [6.45, 7) is 2.02. The van der Waals surface area contributed by atoms with Crippen molar-refractivity contribution in [3.8, 4) is 11.3 Å². The number of nitrogens with zero attached hydrogens (tertiary/aromatic N) is 1. The molecule has 1 aromatic heterocycles. The van der Waals surface area contributed by atoms with Crippen LogP contribution in [0.4, 0.5) is 0 Å². The minimum Gasteiger partial charge on any atom is -0.451 e. The van der Waals surface area contributed by atoms with Gasteiger partial charge in [-0.25, -0.2) is 0 Å². The number of ether oxygens (including phenoxy) is 1. The van der Waals surface area contributed by atoms with Gasteiger partial charge in [0.2, 0.25) is 0 Å². The van der Waals surface area contributed by atoms with Crippen molar-refractivity contribution in [1.29, 1.82) is 0 Å². The van der Waals surface area contributed by atoms with Crippen LogP contribution in [0.25, 0.3) is 11.3 Å². The number of likely N-dealkylation sites (tertiary alicyclic amines) is 1. The molecule has 2 aromatic carbocycles. The van der Waals surface area contributed by atoms with Gasteiger partial charge in [-0.05, 0) is 36.1 Å². The van der Waals surface area contributed by atoms with Gasteiger partial charge >= 0.3 is 0 Å². The van der Waals surface area contributed by atoms with Crippen LogP contribution in [-0.2, 0) is 16.9 Å². The molecule has 136 valence electrons. The van der Waals surface area contributed by atoms with E-state index in [0.717, 1.165) is 24.2 Å². The Morgan fingerprint density at radius 1 is 0.889 bits per heavy atom. The number of hydrogen-bond donors (Lipinski definition) is 0. The van der Waals surface area contributed by atoms with Gasteiger partial charge in [0.05, 0.1) is 12.2 Å². The lowest BCUT2D eigenvalue weighted by molar-refractivity contribution is -0.0744. The summed E-state index contributed by atoms with van der Waals surface area (Å²) in [4.78, 5) is 14.8. The van der Waals surface area contributed by atoms with Crippen molar-refractivity contribution >= 4 is 5.91 Å². The van der Waals surface area contributed by atoms with Crippen LogP contribution in [0.1, 0.15) is 34.5 Å². The molecule has 0 saturated carbocycles. The lowest BCUT2D eigenvalue weighted by Gasteiger charge is -2.39. The van der Waals surface area contributed by atoms with E-state index in [9.17, 15) is 4.79 Å². The van der Waals surface area contributed by atoms with Crippen LogP contribution in [-0.4, -0.2) is 23.9 Å². The Bertz CT molecular complexity index is 968. The highest BCUT2D eigenvalue weighted by molar-refractivity contribution is 5.92. The monoisotopic (exact) mass is 359 g/mol. The first-order valence-corrected chi connectivity index (χ1v) is 9.42. The maximum Gasteiger partial charge on any atom is 0.289 e. The number of rotatable bonds is 2.